The lowest BCUT2D eigenvalue weighted by molar-refractivity contribution is -0.139. The number of methoxy groups -OCH3 is 1. The first-order valence-corrected chi connectivity index (χ1v) is 5.31. The molecule has 6 heteroatoms. The minimum Gasteiger partial charge on any atom is -0.503 e. The fourth-order valence-corrected chi connectivity index (χ4v) is 1.81. The Morgan fingerprint density at radius 3 is 2.59 bits per heavy atom. The summed E-state index contributed by atoms with van der Waals surface area (Å²) in [4.78, 5) is 10.8. The maximum absolute atomic E-state index is 10.8. The number of rotatable bonds is 4. The molecule has 17 heavy (non-hydrogen) atoms. The lowest BCUT2D eigenvalue weighted by Gasteiger charge is -2.19. The minimum atomic E-state index is -1.12. The number of hydrogen-bond acceptors (Lipinski definition) is 4. The number of nitrogens with two attached hydrogens (primary N) is 1. The largest absolute Gasteiger partial charge is 0.503 e. The number of ether oxygens (including phenoxy) is 1. The van der Waals surface area contributed by atoms with E-state index in [2.05, 4.69) is 0 Å². The van der Waals surface area contributed by atoms with Crippen molar-refractivity contribution >= 4 is 17.6 Å². The van der Waals surface area contributed by atoms with Crippen LogP contribution in [-0.2, 0) is 4.79 Å². The second-order valence-corrected chi connectivity index (χ2v) is 4.05. The molecule has 0 saturated carbocycles. The van der Waals surface area contributed by atoms with E-state index in [1.165, 1.54) is 13.2 Å². The van der Waals surface area contributed by atoms with Crippen LogP contribution < -0.4 is 10.5 Å². The van der Waals surface area contributed by atoms with Crippen molar-refractivity contribution in [3.05, 3.63) is 22.7 Å². The molecule has 0 spiro atoms. The highest BCUT2D eigenvalue weighted by Crippen LogP contribution is 2.39. The van der Waals surface area contributed by atoms with Crippen molar-refractivity contribution in [2.45, 2.75) is 18.9 Å². The van der Waals surface area contributed by atoms with Gasteiger partial charge in [-0.15, -0.1) is 0 Å². The van der Waals surface area contributed by atoms with Crippen molar-refractivity contribution in [3.8, 4) is 11.5 Å². The molecule has 0 fully saturated rings. The van der Waals surface area contributed by atoms with Crippen molar-refractivity contribution in [1.29, 1.82) is 0 Å². The number of carboxylic acids is 1. The monoisotopic (exact) mass is 259 g/mol. The molecule has 1 aromatic carbocycles. The average molecular weight is 260 g/mol. The van der Waals surface area contributed by atoms with Crippen LogP contribution in [0, 0.1) is 0 Å². The van der Waals surface area contributed by atoms with Crippen LogP contribution in [0.1, 0.15) is 18.4 Å². The van der Waals surface area contributed by atoms with Gasteiger partial charge in [-0.3, -0.25) is 4.79 Å². The fourth-order valence-electron chi connectivity index (χ4n) is 1.49. The molecule has 5 nitrogen and oxygen atoms in total. The summed E-state index contributed by atoms with van der Waals surface area (Å²) in [7, 11) is 1.40. The molecule has 0 radical (unpaired) electrons. The third-order valence-corrected chi connectivity index (χ3v) is 3.04. The molecule has 1 aromatic rings. The van der Waals surface area contributed by atoms with Gasteiger partial charge in [0, 0.05) is 5.92 Å². The van der Waals surface area contributed by atoms with Crippen LogP contribution in [0.15, 0.2) is 12.1 Å². The molecule has 94 valence electrons. The molecule has 0 amide bonds. The Balaban J connectivity index is 3.16. The van der Waals surface area contributed by atoms with Gasteiger partial charge in [0.05, 0.1) is 12.1 Å². The highest BCUT2D eigenvalue weighted by atomic mass is 35.5. The summed E-state index contributed by atoms with van der Waals surface area (Å²) >= 11 is 5.94. The zero-order valence-corrected chi connectivity index (χ0v) is 10.2. The number of hydrogen-bond donors (Lipinski definition) is 3. The lowest BCUT2D eigenvalue weighted by Crippen LogP contribution is -2.35. The standard InChI is InChI=1S/C11H14ClNO4/c1-5(9(13)11(15)16)6-3-4-7(17-2)10(14)8(6)12/h3-5,9,14H,13H2,1-2H3,(H,15,16)/t5?,9-/m1/s1. The van der Waals surface area contributed by atoms with Crippen molar-refractivity contribution < 1.29 is 19.7 Å². The maximum atomic E-state index is 10.8. The summed E-state index contributed by atoms with van der Waals surface area (Å²) in [5.74, 6) is -1.62. The zero-order chi connectivity index (χ0) is 13.2. The van der Waals surface area contributed by atoms with E-state index in [1.807, 2.05) is 0 Å². The highest BCUT2D eigenvalue weighted by molar-refractivity contribution is 6.33. The molecule has 2 atom stereocenters. The summed E-state index contributed by atoms with van der Waals surface area (Å²) in [6, 6.07) is 2.02. The second-order valence-electron chi connectivity index (χ2n) is 3.67. The summed E-state index contributed by atoms with van der Waals surface area (Å²) in [5.41, 5.74) is 5.98. The van der Waals surface area contributed by atoms with Gasteiger partial charge in [-0.1, -0.05) is 24.6 Å². The first-order valence-electron chi connectivity index (χ1n) is 4.93. The quantitative estimate of drug-likeness (QED) is 0.763. The Labute approximate surface area is 104 Å². The predicted octanol–water partition coefficient (Wildman–Crippen LogP) is 1.57. The number of benzene rings is 1. The van der Waals surface area contributed by atoms with E-state index in [0.29, 0.717) is 5.56 Å². The Morgan fingerprint density at radius 2 is 2.12 bits per heavy atom. The molecule has 4 N–H and O–H groups in total. The number of aromatic hydroxyl groups is 1. The highest BCUT2D eigenvalue weighted by Gasteiger charge is 2.25. The first-order chi connectivity index (χ1) is 7.90. The molecule has 1 unspecified atom stereocenters. The molecular formula is C11H14ClNO4. The van der Waals surface area contributed by atoms with Crippen LogP contribution in [0.5, 0.6) is 11.5 Å². The molecule has 0 bridgehead atoms. The van der Waals surface area contributed by atoms with Gasteiger partial charge < -0.3 is 20.7 Å². The van der Waals surface area contributed by atoms with E-state index in [9.17, 15) is 9.90 Å². The van der Waals surface area contributed by atoms with Crippen molar-refractivity contribution in [2.24, 2.45) is 5.73 Å². The number of phenols is 1. The van der Waals surface area contributed by atoms with Crippen LogP contribution in [-0.4, -0.2) is 29.3 Å². The van der Waals surface area contributed by atoms with Crippen LogP contribution in [0.2, 0.25) is 5.02 Å². The van der Waals surface area contributed by atoms with Gasteiger partial charge in [-0.25, -0.2) is 0 Å². The fraction of sp³-hybridized carbons (Fsp3) is 0.364. The third kappa shape index (κ3) is 2.62. The van der Waals surface area contributed by atoms with E-state index in [1.54, 1.807) is 13.0 Å². The molecule has 0 aliphatic heterocycles. The SMILES string of the molecule is COc1ccc(C(C)[C@@H](N)C(=O)O)c(Cl)c1O. The summed E-state index contributed by atoms with van der Waals surface area (Å²) in [6.07, 6.45) is 0. The van der Waals surface area contributed by atoms with Gasteiger partial charge >= 0.3 is 5.97 Å². The molecule has 0 saturated heterocycles. The van der Waals surface area contributed by atoms with Gasteiger partial charge in [0.15, 0.2) is 11.5 Å². The Bertz CT molecular complexity index is 436. The van der Waals surface area contributed by atoms with Gasteiger partial charge in [0.25, 0.3) is 0 Å². The molecular weight excluding hydrogens is 246 g/mol. The number of carboxylic acid groups (broad SMARTS) is 1. The Morgan fingerprint density at radius 1 is 1.53 bits per heavy atom. The average Bonchev–Trinajstić information content (AvgIpc) is 2.30. The minimum absolute atomic E-state index is 0.0635. The van der Waals surface area contributed by atoms with Crippen LogP contribution >= 0.6 is 11.6 Å². The maximum Gasteiger partial charge on any atom is 0.321 e. The van der Waals surface area contributed by atoms with Crippen LogP contribution in [0.3, 0.4) is 0 Å². The normalized spacial score (nSPS) is 14.1. The first kappa shape index (κ1) is 13.6. The molecule has 1 rings (SSSR count). The Hall–Kier alpha value is -1.46. The third-order valence-electron chi connectivity index (χ3n) is 2.64. The van der Waals surface area contributed by atoms with E-state index in [-0.39, 0.29) is 16.5 Å². The van der Waals surface area contributed by atoms with Gasteiger partial charge in [-0.05, 0) is 11.6 Å². The lowest BCUT2D eigenvalue weighted by atomic mass is 9.93. The number of carbonyl (C=O) groups is 1. The number of phenolic OH excluding ortho intramolecular Hbond substituents is 1. The van der Waals surface area contributed by atoms with Crippen LogP contribution in [0.25, 0.3) is 0 Å². The molecule has 0 heterocycles. The van der Waals surface area contributed by atoms with Crippen molar-refractivity contribution in [1.82, 2.24) is 0 Å². The van der Waals surface area contributed by atoms with Gasteiger partial charge in [-0.2, -0.15) is 0 Å². The second kappa shape index (κ2) is 5.25. The van der Waals surface area contributed by atoms with Gasteiger partial charge in [0.1, 0.15) is 6.04 Å². The number of aliphatic carboxylic acids is 1. The van der Waals surface area contributed by atoms with Crippen molar-refractivity contribution in [2.75, 3.05) is 7.11 Å². The molecule has 0 aromatic heterocycles. The summed E-state index contributed by atoms with van der Waals surface area (Å²) < 4.78 is 4.89. The van der Waals surface area contributed by atoms with E-state index in [4.69, 9.17) is 27.2 Å². The van der Waals surface area contributed by atoms with Crippen LogP contribution in [0.4, 0.5) is 0 Å². The van der Waals surface area contributed by atoms with Gasteiger partial charge in [0.2, 0.25) is 0 Å². The van der Waals surface area contributed by atoms with Crippen molar-refractivity contribution in [3.63, 3.8) is 0 Å². The summed E-state index contributed by atoms with van der Waals surface area (Å²) in [5, 5.41) is 18.6. The topological polar surface area (TPSA) is 92.8 Å². The Kier molecular flexibility index (Phi) is 4.20. The van der Waals surface area contributed by atoms with E-state index in [0.717, 1.165) is 0 Å². The molecule has 0 aliphatic rings. The van der Waals surface area contributed by atoms with E-state index >= 15 is 0 Å². The van der Waals surface area contributed by atoms with E-state index < -0.39 is 17.9 Å². The number of halogens is 1. The predicted molar refractivity (Wildman–Crippen MR) is 63.7 cm³/mol. The zero-order valence-electron chi connectivity index (χ0n) is 9.48. The molecule has 0 aliphatic carbocycles. The summed E-state index contributed by atoms with van der Waals surface area (Å²) in [6.45, 7) is 1.63. The smallest absolute Gasteiger partial charge is 0.321 e.